The number of nitrogens with zero attached hydrogens (tertiary/aromatic N) is 1. The molecule has 1 aromatic rings. The van der Waals surface area contributed by atoms with Gasteiger partial charge >= 0.3 is 5.69 Å². The number of aromatic nitrogens is 2. The molecule has 8 N–H and O–H groups in total. The molecule has 0 aliphatic carbocycles. The largest absolute Gasteiger partial charge is 0.756 e. The molecule has 1 unspecified atom stereocenters. The Kier molecular flexibility index (Phi) is 10.2. The zero-order valence-electron chi connectivity index (χ0n) is 21.0. The molecule has 1 amide bonds. The van der Waals surface area contributed by atoms with Crippen molar-refractivity contribution in [1.82, 2.24) is 14.9 Å². The molecule has 2 fully saturated rings. The van der Waals surface area contributed by atoms with Gasteiger partial charge in [0.2, 0.25) is 11.7 Å². The lowest BCUT2D eigenvalue weighted by molar-refractivity contribution is -0.377. The van der Waals surface area contributed by atoms with Crippen LogP contribution in [-0.4, -0.2) is 120 Å². The molecule has 0 radical (unpaired) electrons. The normalized spacial score (nSPS) is 34.9. The van der Waals surface area contributed by atoms with Crippen molar-refractivity contribution in [1.29, 1.82) is 0 Å². The summed E-state index contributed by atoms with van der Waals surface area (Å²) in [5.74, 6) is -6.58. The lowest BCUT2D eigenvalue weighted by atomic mass is 9.88. The molecule has 41 heavy (non-hydrogen) atoms. The summed E-state index contributed by atoms with van der Waals surface area (Å²) in [6.45, 7) is -1.22. The second-order valence-electron chi connectivity index (χ2n) is 9.26. The summed E-state index contributed by atoms with van der Waals surface area (Å²) >= 11 is 0. The second kappa shape index (κ2) is 12.7. The second-order valence-corrected chi connectivity index (χ2v) is 10.6. The molecular formula is C20H28N3O17P-2. The molecule has 0 bridgehead atoms. The molecule has 0 aromatic carbocycles. The molecule has 21 heteroatoms. The van der Waals surface area contributed by atoms with E-state index in [1.54, 1.807) is 0 Å². The fraction of sp³-hybridized carbons (Fsp3) is 0.700. The van der Waals surface area contributed by atoms with Crippen LogP contribution in [0.15, 0.2) is 21.9 Å². The highest BCUT2D eigenvalue weighted by molar-refractivity contribution is 7.45. The molecule has 20 nitrogen and oxygen atoms in total. The van der Waals surface area contributed by atoms with Crippen molar-refractivity contribution in [2.75, 3.05) is 13.2 Å². The van der Waals surface area contributed by atoms with Crippen molar-refractivity contribution < 1.29 is 73.3 Å². The van der Waals surface area contributed by atoms with Crippen LogP contribution in [0, 0.1) is 0 Å². The van der Waals surface area contributed by atoms with Crippen LogP contribution in [0.1, 0.15) is 19.6 Å². The van der Waals surface area contributed by atoms with Gasteiger partial charge in [0.25, 0.3) is 13.4 Å². The number of carboxylic acids is 1. The molecule has 232 valence electrons. The summed E-state index contributed by atoms with van der Waals surface area (Å²) in [5, 5.41) is 74.6. The van der Waals surface area contributed by atoms with Crippen molar-refractivity contribution in [2.24, 2.45) is 0 Å². The van der Waals surface area contributed by atoms with E-state index >= 15 is 0 Å². The van der Waals surface area contributed by atoms with Crippen LogP contribution in [0.5, 0.6) is 0 Å². The summed E-state index contributed by atoms with van der Waals surface area (Å²) in [7, 11) is -5.82. The van der Waals surface area contributed by atoms with Crippen LogP contribution < -0.4 is 26.6 Å². The third-order valence-corrected chi connectivity index (χ3v) is 7.27. The number of phosphoric acid groups is 1. The molecule has 0 saturated carbocycles. The fourth-order valence-electron chi connectivity index (χ4n) is 4.31. The highest BCUT2D eigenvalue weighted by atomic mass is 31.2. The summed E-state index contributed by atoms with van der Waals surface area (Å²) in [4.78, 5) is 61.4. The first-order chi connectivity index (χ1) is 19.0. The summed E-state index contributed by atoms with van der Waals surface area (Å²) in [5.41, 5.74) is -1.80. The first-order valence-corrected chi connectivity index (χ1v) is 13.3. The minimum atomic E-state index is -5.82. The standard InChI is InChI=1S/C20H30N3O17P/c1-7(25)21-12-8(26)4-20(18(32)33,39-16(12)13(29)9(27)5-24)40-41(35,36)37-6-10-14(30)15(31)17(38-10)23-3-2-11(28)22-19(23)34/h2-3,8-10,12-17,24,26-27,29-31H,4-6H2,1H3,(H,21,25)(H,32,33)(H,35,36)(H,22,28,34)/p-2/t8-,9+,10+,12+,13+,14+,15+,16+,17+,20+/m0/s1. The number of aromatic amines is 1. The van der Waals surface area contributed by atoms with Crippen molar-refractivity contribution in [3.05, 3.63) is 33.1 Å². The van der Waals surface area contributed by atoms with Gasteiger partial charge in [0.1, 0.15) is 42.6 Å². The molecule has 2 aliphatic heterocycles. The van der Waals surface area contributed by atoms with Gasteiger partial charge in [-0.3, -0.25) is 28.2 Å². The number of nitrogens with one attached hydrogen (secondary N) is 2. The van der Waals surface area contributed by atoms with Crippen LogP contribution in [0.2, 0.25) is 0 Å². The van der Waals surface area contributed by atoms with E-state index in [2.05, 4.69) is 14.4 Å². The van der Waals surface area contributed by atoms with Crippen LogP contribution in [0.3, 0.4) is 0 Å². The maximum Gasteiger partial charge on any atom is 0.330 e. The van der Waals surface area contributed by atoms with E-state index in [0.717, 1.165) is 19.2 Å². The first kappa shape index (κ1) is 32.9. The number of rotatable bonds is 11. The average molecular weight is 613 g/mol. The number of carboxylic acid groups (broad SMARTS) is 1. The zero-order chi connectivity index (χ0) is 30.9. The molecule has 11 atom stereocenters. The van der Waals surface area contributed by atoms with E-state index in [4.69, 9.17) is 14.6 Å². The number of ether oxygens (including phenoxy) is 2. The summed E-state index contributed by atoms with van der Waals surface area (Å²) < 4.78 is 32.9. The van der Waals surface area contributed by atoms with E-state index in [9.17, 15) is 59.3 Å². The Balaban J connectivity index is 1.79. The van der Waals surface area contributed by atoms with E-state index < -0.39 is 111 Å². The minimum Gasteiger partial charge on any atom is -0.756 e. The van der Waals surface area contributed by atoms with Gasteiger partial charge in [0.15, 0.2) is 6.23 Å². The van der Waals surface area contributed by atoms with Crippen LogP contribution >= 0.6 is 7.82 Å². The quantitative estimate of drug-likeness (QED) is 0.107. The predicted molar refractivity (Wildman–Crippen MR) is 122 cm³/mol. The lowest BCUT2D eigenvalue weighted by Gasteiger charge is -2.50. The number of H-pyrrole nitrogens is 1. The fourth-order valence-corrected chi connectivity index (χ4v) is 5.24. The van der Waals surface area contributed by atoms with Gasteiger partial charge in [-0.05, 0) is 0 Å². The van der Waals surface area contributed by atoms with E-state index in [1.165, 1.54) is 0 Å². The van der Waals surface area contributed by atoms with Crippen molar-refractivity contribution >= 4 is 19.7 Å². The summed E-state index contributed by atoms with van der Waals surface area (Å²) in [6.07, 6.45) is -15.5. The number of aliphatic hydroxyl groups is 6. The van der Waals surface area contributed by atoms with E-state index in [0.29, 0.717) is 4.57 Å². The molecule has 2 saturated heterocycles. The van der Waals surface area contributed by atoms with Crippen molar-refractivity contribution in [3.63, 3.8) is 0 Å². The Morgan fingerprint density at radius 1 is 1.29 bits per heavy atom. The van der Waals surface area contributed by atoms with E-state index in [-0.39, 0.29) is 0 Å². The van der Waals surface area contributed by atoms with Crippen molar-refractivity contribution in [2.45, 2.75) is 74.1 Å². The summed E-state index contributed by atoms with van der Waals surface area (Å²) in [6, 6.07) is -0.713. The lowest BCUT2D eigenvalue weighted by Crippen LogP contribution is -2.69. The smallest absolute Gasteiger partial charge is 0.330 e. The van der Waals surface area contributed by atoms with Gasteiger partial charge in [-0.15, -0.1) is 0 Å². The topological polar surface area (TPSA) is 323 Å². The zero-order valence-corrected chi connectivity index (χ0v) is 21.9. The van der Waals surface area contributed by atoms with Gasteiger partial charge in [-0.1, -0.05) is 0 Å². The Bertz CT molecular complexity index is 1270. The van der Waals surface area contributed by atoms with Gasteiger partial charge < -0.3 is 64.7 Å². The van der Waals surface area contributed by atoms with Gasteiger partial charge in [-0.25, -0.2) is 4.79 Å². The maximum absolute atomic E-state index is 12.6. The monoisotopic (exact) mass is 613 g/mol. The number of carbonyl (C=O) groups is 2. The average Bonchev–Trinajstić information content (AvgIpc) is 3.16. The van der Waals surface area contributed by atoms with Crippen molar-refractivity contribution in [3.8, 4) is 0 Å². The Labute approximate surface area is 228 Å². The van der Waals surface area contributed by atoms with Gasteiger partial charge in [0, 0.05) is 25.6 Å². The van der Waals surface area contributed by atoms with Crippen LogP contribution in [0.25, 0.3) is 0 Å². The Morgan fingerprint density at radius 2 is 1.95 bits per heavy atom. The number of carbonyl (C=O) groups excluding carboxylic acids is 2. The molecule has 0 spiro atoms. The number of phosphoric ester groups is 1. The van der Waals surface area contributed by atoms with E-state index in [1.807, 2.05) is 4.98 Å². The van der Waals surface area contributed by atoms with Gasteiger partial charge in [-0.2, -0.15) is 0 Å². The molecule has 1 aromatic heterocycles. The molecule has 3 rings (SSSR count). The predicted octanol–water partition coefficient (Wildman–Crippen LogP) is -7.53. The maximum atomic E-state index is 12.6. The Morgan fingerprint density at radius 3 is 2.51 bits per heavy atom. The molecule has 3 heterocycles. The highest BCUT2D eigenvalue weighted by Gasteiger charge is 2.54. The minimum absolute atomic E-state index is 0.697. The third kappa shape index (κ3) is 7.25. The Hall–Kier alpha value is -2.59. The molecule has 2 aliphatic rings. The molecular weight excluding hydrogens is 585 g/mol. The number of aliphatic hydroxyl groups excluding tert-OH is 6. The first-order valence-electron chi connectivity index (χ1n) is 11.8. The number of hydrogen-bond donors (Lipinski definition) is 8. The van der Waals surface area contributed by atoms with Crippen LogP contribution in [-0.2, 0) is 32.7 Å². The number of amides is 1. The van der Waals surface area contributed by atoms with Gasteiger partial charge in [0.05, 0.1) is 25.4 Å². The van der Waals surface area contributed by atoms with Crippen LogP contribution in [0.4, 0.5) is 0 Å². The number of hydrogen-bond acceptors (Lipinski definition) is 17. The highest BCUT2D eigenvalue weighted by Crippen LogP contribution is 2.48. The third-order valence-electron chi connectivity index (χ3n) is 6.29. The SMILES string of the molecule is CC(=O)N[C@H]1[C@H]([C@H](O)[C@H](O)CO)O[C@](OP(=O)([O-])OC[C@H]2O[C@@H](n3ccc(=O)[nH]c3=O)[C@H](O)[C@@H]2O)(C(=O)[O-])C[C@@H]1O. The number of aliphatic carboxylic acids is 1.